The van der Waals surface area contributed by atoms with Gasteiger partial charge < -0.3 is 15.8 Å². The van der Waals surface area contributed by atoms with Crippen molar-refractivity contribution in [3.8, 4) is 5.75 Å². The minimum Gasteiger partial charge on any atom is -0.494 e. The average molecular weight is 224 g/mol. The van der Waals surface area contributed by atoms with Gasteiger partial charge in [-0.2, -0.15) is 0 Å². The molecule has 0 bridgehead atoms. The molecule has 1 aromatic rings. The first-order valence-corrected chi connectivity index (χ1v) is 5.54. The van der Waals surface area contributed by atoms with Crippen LogP contribution in [0.2, 0.25) is 0 Å². The van der Waals surface area contributed by atoms with Crippen LogP contribution < -0.4 is 15.8 Å². The number of ether oxygens (including phenoxy) is 1. The molecular formula is C12H17FN2O. The molecule has 0 amide bonds. The Bertz CT molecular complexity index is 370. The van der Waals surface area contributed by atoms with Gasteiger partial charge in [-0.25, -0.2) is 4.39 Å². The molecule has 4 heteroatoms. The van der Waals surface area contributed by atoms with Gasteiger partial charge in [-0.3, -0.25) is 0 Å². The molecule has 2 rings (SSSR count). The predicted octanol–water partition coefficient (Wildman–Crippen LogP) is 2.13. The second-order valence-electron chi connectivity index (χ2n) is 4.26. The van der Waals surface area contributed by atoms with Crippen molar-refractivity contribution in [3.05, 3.63) is 24.0 Å². The number of halogens is 1. The highest BCUT2D eigenvalue weighted by atomic mass is 19.1. The van der Waals surface area contributed by atoms with Gasteiger partial charge in [0.2, 0.25) is 0 Å². The van der Waals surface area contributed by atoms with Gasteiger partial charge in [0, 0.05) is 23.8 Å². The van der Waals surface area contributed by atoms with Crippen LogP contribution in [0.1, 0.15) is 19.3 Å². The largest absolute Gasteiger partial charge is 0.494 e. The van der Waals surface area contributed by atoms with E-state index in [9.17, 15) is 4.39 Å². The zero-order chi connectivity index (χ0) is 11.5. The van der Waals surface area contributed by atoms with Crippen LogP contribution in [0.4, 0.5) is 10.1 Å². The number of hydrogen-bond donors (Lipinski definition) is 2. The van der Waals surface area contributed by atoms with E-state index in [1.165, 1.54) is 13.2 Å². The maximum absolute atomic E-state index is 13.4. The molecule has 1 aromatic carbocycles. The summed E-state index contributed by atoms with van der Waals surface area (Å²) in [6, 6.07) is 5.56. The highest BCUT2D eigenvalue weighted by molar-refractivity contribution is 5.48. The third-order valence-electron chi connectivity index (χ3n) is 3.00. The number of hydrogen-bond acceptors (Lipinski definition) is 3. The van der Waals surface area contributed by atoms with Crippen molar-refractivity contribution in [1.82, 2.24) is 0 Å². The quantitative estimate of drug-likeness (QED) is 0.826. The van der Waals surface area contributed by atoms with Crippen LogP contribution in [0.25, 0.3) is 0 Å². The topological polar surface area (TPSA) is 47.3 Å². The molecule has 3 N–H and O–H groups in total. The zero-order valence-electron chi connectivity index (χ0n) is 9.37. The van der Waals surface area contributed by atoms with Crippen molar-refractivity contribution >= 4 is 5.69 Å². The SMILES string of the molecule is COc1ccc(NC2CCC(N)C2)cc1F. The average Bonchev–Trinajstić information content (AvgIpc) is 2.64. The molecule has 0 aromatic heterocycles. The summed E-state index contributed by atoms with van der Waals surface area (Å²) < 4.78 is 18.3. The van der Waals surface area contributed by atoms with Gasteiger partial charge in [0.25, 0.3) is 0 Å². The van der Waals surface area contributed by atoms with E-state index < -0.39 is 0 Å². The fourth-order valence-electron chi connectivity index (χ4n) is 2.14. The lowest BCUT2D eigenvalue weighted by Crippen LogP contribution is -2.20. The summed E-state index contributed by atoms with van der Waals surface area (Å²) in [6.45, 7) is 0. The predicted molar refractivity (Wildman–Crippen MR) is 62.2 cm³/mol. The van der Waals surface area contributed by atoms with Crippen molar-refractivity contribution in [2.24, 2.45) is 5.73 Å². The number of anilines is 1. The van der Waals surface area contributed by atoms with E-state index in [1.54, 1.807) is 6.07 Å². The highest BCUT2D eigenvalue weighted by Crippen LogP contribution is 2.25. The first kappa shape index (κ1) is 11.2. The first-order chi connectivity index (χ1) is 7.69. The standard InChI is InChI=1S/C12H17FN2O/c1-16-12-5-4-10(7-11(12)13)15-9-3-2-8(14)6-9/h4-5,7-9,15H,2-3,6,14H2,1H3. The van der Waals surface area contributed by atoms with E-state index in [2.05, 4.69) is 5.32 Å². The molecule has 2 atom stereocenters. The van der Waals surface area contributed by atoms with Gasteiger partial charge >= 0.3 is 0 Å². The summed E-state index contributed by atoms with van der Waals surface area (Å²) in [4.78, 5) is 0. The Morgan fingerprint density at radius 3 is 2.81 bits per heavy atom. The van der Waals surface area contributed by atoms with Crippen LogP contribution in [0, 0.1) is 5.82 Å². The molecule has 16 heavy (non-hydrogen) atoms. The van der Waals surface area contributed by atoms with Gasteiger partial charge in [0.1, 0.15) is 0 Å². The minimum absolute atomic E-state index is 0.272. The molecule has 88 valence electrons. The van der Waals surface area contributed by atoms with Gasteiger partial charge in [-0.15, -0.1) is 0 Å². The molecule has 0 heterocycles. The highest BCUT2D eigenvalue weighted by Gasteiger charge is 2.21. The van der Waals surface area contributed by atoms with E-state index >= 15 is 0 Å². The minimum atomic E-state index is -0.338. The zero-order valence-corrected chi connectivity index (χ0v) is 9.37. The van der Waals surface area contributed by atoms with E-state index in [4.69, 9.17) is 10.5 Å². The summed E-state index contributed by atoms with van der Waals surface area (Å²) in [6.07, 6.45) is 3.04. The fraction of sp³-hybridized carbons (Fsp3) is 0.500. The van der Waals surface area contributed by atoms with Gasteiger partial charge in [-0.1, -0.05) is 0 Å². The van der Waals surface area contributed by atoms with Crippen LogP contribution in [-0.4, -0.2) is 19.2 Å². The Kier molecular flexibility index (Phi) is 3.29. The Morgan fingerprint density at radius 2 is 2.25 bits per heavy atom. The lowest BCUT2D eigenvalue weighted by Gasteiger charge is -2.14. The lowest BCUT2D eigenvalue weighted by atomic mass is 10.2. The molecule has 2 unspecified atom stereocenters. The second-order valence-corrected chi connectivity index (χ2v) is 4.26. The number of methoxy groups -OCH3 is 1. The summed E-state index contributed by atoms with van der Waals surface area (Å²) >= 11 is 0. The van der Waals surface area contributed by atoms with Crippen LogP contribution in [0.3, 0.4) is 0 Å². The van der Waals surface area contributed by atoms with Crippen molar-refractivity contribution in [2.45, 2.75) is 31.3 Å². The fourth-order valence-corrected chi connectivity index (χ4v) is 2.14. The molecule has 1 fully saturated rings. The Labute approximate surface area is 94.8 Å². The Balaban J connectivity index is 2.02. The maximum Gasteiger partial charge on any atom is 0.167 e. The van der Waals surface area contributed by atoms with Gasteiger partial charge in [0.05, 0.1) is 7.11 Å². The lowest BCUT2D eigenvalue weighted by molar-refractivity contribution is 0.386. The monoisotopic (exact) mass is 224 g/mol. The van der Waals surface area contributed by atoms with Crippen molar-refractivity contribution in [2.75, 3.05) is 12.4 Å². The molecule has 0 aliphatic heterocycles. The third-order valence-corrected chi connectivity index (χ3v) is 3.00. The molecule has 1 aliphatic rings. The molecule has 3 nitrogen and oxygen atoms in total. The second kappa shape index (κ2) is 4.70. The maximum atomic E-state index is 13.4. The number of rotatable bonds is 3. The number of nitrogens with two attached hydrogens (primary N) is 1. The molecule has 1 saturated carbocycles. The van der Waals surface area contributed by atoms with Crippen molar-refractivity contribution in [1.29, 1.82) is 0 Å². The molecule has 1 aliphatic carbocycles. The van der Waals surface area contributed by atoms with Crippen molar-refractivity contribution in [3.63, 3.8) is 0 Å². The number of benzene rings is 1. The normalized spacial score (nSPS) is 24.4. The summed E-state index contributed by atoms with van der Waals surface area (Å²) in [5, 5.41) is 3.29. The molecule has 0 spiro atoms. The van der Waals surface area contributed by atoms with E-state index in [0.717, 1.165) is 24.9 Å². The Morgan fingerprint density at radius 1 is 1.44 bits per heavy atom. The van der Waals surface area contributed by atoms with E-state index in [-0.39, 0.29) is 17.6 Å². The van der Waals surface area contributed by atoms with Crippen LogP contribution in [-0.2, 0) is 0 Å². The summed E-state index contributed by atoms with van der Waals surface area (Å²) in [5.41, 5.74) is 6.61. The summed E-state index contributed by atoms with van der Waals surface area (Å²) in [5.74, 6) is -0.0662. The Hall–Kier alpha value is -1.29. The molecule has 0 radical (unpaired) electrons. The third kappa shape index (κ3) is 2.44. The van der Waals surface area contributed by atoms with Crippen LogP contribution >= 0.6 is 0 Å². The smallest absolute Gasteiger partial charge is 0.167 e. The van der Waals surface area contributed by atoms with E-state index in [1.807, 2.05) is 6.07 Å². The first-order valence-electron chi connectivity index (χ1n) is 5.54. The number of nitrogens with one attached hydrogen (secondary N) is 1. The van der Waals surface area contributed by atoms with Crippen LogP contribution in [0.15, 0.2) is 18.2 Å². The van der Waals surface area contributed by atoms with Gasteiger partial charge in [0.15, 0.2) is 11.6 Å². The summed E-state index contributed by atoms with van der Waals surface area (Å²) in [7, 11) is 1.46. The van der Waals surface area contributed by atoms with Crippen molar-refractivity contribution < 1.29 is 9.13 Å². The molecule has 0 saturated heterocycles. The van der Waals surface area contributed by atoms with E-state index in [0.29, 0.717) is 6.04 Å². The van der Waals surface area contributed by atoms with Crippen LogP contribution in [0.5, 0.6) is 5.75 Å². The van der Waals surface area contributed by atoms with Gasteiger partial charge in [-0.05, 0) is 31.4 Å². The molecular weight excluding hydrogens is 207 g/mol.